The van der Waals surface area contributed by atoms with E-state index < -0.39 is 0 Å². The van der Waals surface area contributed by atoms with Crippen LogP contribution in [0.1, 0.15) is 64.6 Å². The van der Waals surface area contributed by atoms with Crippen LogP contribution in [0.2, 0.25) is 0 Å². The predicted octanol–water partition coefficient (Wildman–Crippen LogP) is 5.22. The van der Waals surface area contributed by atoms with Crippen LogP contribution in [0.25, 0.3) is 0 Å². The molecule has 1 aromatic heterocycles. The molecule has 2 bridgehead atoms. The SMILES string of the molecule is Cc1cc(Nc2ncc(C(=O)N3CCSCC3)c3c2C2CCC3CC2)ccc1F. The van der Waals surface area contributed by atoms with E-state index in [1.807, 2.05) is 22.7 Å². The summed E-state index contributed by atoms with van der Waals surface area (Å²) in [5.41, 5.74) is 4.72. The molecule has 0 atom stereocenters. The fourth-order valence-electron chi connectivity index (χ4n) is 5.13. The van der Waals surface area contributed by atoms with Gasteiger partial charge in [-0.15, -0.1) is 0 Å². The maximum atomic E-state index is 13.7. The zero-order valence-electron chi connectivity index (χ0n) is 16.7. The van der Waals surface area contributed by atoms with Crippen LogP contribution in [0, 0.1) is 12.7 Å². The number of benzene rings is 1. The number of carbonyl (C=O) groups excluding carboxylic acids is 1. The highest BCUT2D eigenvalue weighted by Crippen LogP contribution is 2.52. The number of carbonyl (C=O) groups is 1. The second kappa shape index (κ2) is 7.63. The highest BCUT2D eigenvalue weighted by Gasteiger charge is 2.39. The minimum atomic E-state index is -0.203. The minimum Gasteiger partial charge on any atom is -0.340 e. The van der Waals surface area contributed by atoms with E-state index in [1.54, 1.807) is 19.2 Å². The summed E-state index contributed by atoms with van der Waals surface area (Å²) in [6.45, 7) is 3.41. The van der Waals surface area contributed by atoms with Crippen LogP contribution in [-0.2, 0) is 0 Å². The zero-order chi connectivity index (χ0) is 20.0. The van der Waals surface area contributed by atoms with E-state index in [0.717, 1.165) is 67.3 Å². The number of thioether (sulfide) groups is 1. The fourth-order valence-corrected chi connectivity index (χ4v) is 6.03. The summed E-state index contributed by atoms with van der Waals surface area (Å²) in [6.07, 6.45) is 6.42. The summed E-state index contributed by atoms with van der Waals surface area (Å²) in [6, 6.07) is 5.05. The lowest BCUT2D eigenvalue weighted by atomic mass is 9.66. The third-order valence-corrected chi connectivity index (χ3v) is 7.59. The monoisotopic (exact) mass is 411 g/mol. The van der Waals surface area contributed by atoms with Crippen molar-refractivity contribution < 1.29 is 9.18 Å². The van der Waals surface area contributed by atoms with Crippen molar-refractivity contribution in [2.75, 3.05) is 29.9 Å². The first kappa shape index (κ1) is 18.9. The van der Waals surface area contributed by atoms with Gasteiger partial charge in [0.15, 0.2) is 0 Å². The molecular formula is C23H26FN3OS. The lowest BCUT2D eigenvalue weighted by Crippen LogP contribution is -2.39. The van der Waals surface area contributed by atoms with Gasteiger partial charge >= 0.3 is 0 Å². The quantitative estimate of drug-likeness (QED) is 0.752. The molecule has 1 aliphatic heterocycles. The van der Waals surface area contributed by atoms with Crippen molar-refractivity contribution in [2.24, 2.45) is 0 Å². The molecule has 152 valence electrons. The number of amides is 1. The molecule has 6 rings (SSSR count). The topological polar surface area (TPSA) is 45.2 Å². The normalized spacial score (nSPS) is 23.0. The number of aryl methyl sites for hydroxylation is 1. The van der Waals surface area contributed by atoms with Crippen LogP contribution in [0.3, 0.4) is 0 Å². The van der Waals surface area contributed by atoms with Crippen LogP contribution in [0.15, 0.2) is 24.4 Å². The highest BCUT2D eigenvalue weighted by atomic mass is 32.2. The first-order valence-electron chi connectivity index (χ1n) is 10.5. The second-order valence-electron chi connectivity index (χ2n) is 8.39. The molecule has 6 heteroatoms. The number of hydrogen-bond acceptors (Lipinski definition) is 4. The molecule has 29 heavy (non-hydrogen) atoms. The van der Waals surface area contributed by atoms with Gasteiger partial charge in [0.2, 0.25) is 0 Å². The Labute approximate surface area is 175 Å². The average Bonchev–Trinajstić information content (AvgIpc) is 2.77. The average molecular weight is 412 g/mol. The van der Waals surface area contributed by atoms with Gasteiger partial charge in [-0.1, -0.05) is 0 Å². The number of aromatic nitrogens is 1. The summed E-state index contributed by atoms with van der Waals surface area (Å²) < 4.78 is 13.7. The second-order valence-corrected chi connectivity index (χ2v) is 9.61. The van der Waals surface area contributed by atoms with Gasteiger partial charge in [0.25, 0.3) is 5.91 Å². The van der Waals surface area contributed by atoms with E-state index >= 15 is 0 Å². The molecule has 4 aliphatic rings. The molecule has 0 spiro atoms. The smallest absolute Gasteiger partial charge is 0.255 e. The number of nitrogens with one attached hydrogen (secondary N) is 1. The highest BCUT2D eigenvalue weighted by molar-refractivity contribution is 7.99. The lowest BCUT2D eigenvalue weighted by molar-refractivity contribution is 0.0769. The molecule has 1 saturated carbocycles. The standard InChI is InChI=1S/C23H26FN3OS/c1-14-12-17(6-7-19(14)24)26-22-21-16-4-2-15(3-5-16)20(21)18(13-25-22)23(28)27-8-10-29-11-9-27/h6-7,12-13,15-16H,2-5,8-11H2,1H3,(H,25,26). The van der Waals surface area contributed by atoms with Crippen molar-refractivity contribution in [2.45, 2.75) is 44.4 Å². The molecule has 1 N–H and O–H groups in total. The molecule has 2 aromatic rings. The van der Waals surface area contributed by atoms with Gasteiger partial charge in [-0.2, -0.15) is 11.8 Å². The van der Waals surface area contributed by atoms with E-state index in [-0.39, 0.29) is 11.7 Å². The van der Waals surface area contributed by atoms with Crippen LogP contribution >= 0.6 is 11.8 Å². The Hall–Kier alpha value is -2.08. The Kier molecular flexibility index (Phi) is 4.98. The summed E-state index contributed by atoms with van der Waals surface area (Å²) >= 11 is 1.91. The fraction of sp³-hybridized carbons (Fsp3) is 0.478. The lowest BCUT2D eigenvalue weighted by Gasteiger charge is -2.40. The third-order valence-electron chi connectivity index (χ3n) is 6.65. The number of halogens is 1. The largest absolute Gasteiger partial charge is 0.340 e. The minimum absolute atomic E-state index is 0.144. The number of anilines is 2. The van der Waals surface area contributed by atoms with E-state index in [0.29, 0.717) is 17.4 Å². The van der Waals surface area contributed by atoms with Crippen molar-refractivity contribution in [3.05, 3.63) is 52.5 Å². The molecule has 2 fully saturated rings. The van der Waals surface area contributed by atoms with Crippen LogP contribution in [-0.4, -0.2) is 40.4 Å². The Morgan fingerprint density at radius 2 is 1.83 bits per heavy atom. The van der Waals surface area contributed by atoms with Gasteiger partial charge in [0.1, 0.15) is 11.6 Å². The van der Waals surface area contributed by atoms with Crippen LogP contribution in [0.4, 0.5) is 15.9 Å². The summed E-state index contributed by atoms with van der Waals surface area (Å²) in [5.74, 6) is 3.71. The first-order valence-corrected chi connectivity index (χ1v) is 11.7. The number of fused-ring (bicyclic) bond motifs is 2. The molecular weight excluding hydrogens is 385 g/mol. The van der Waals surface area contributed by atoms with Crippen molar-refractivity contribution in [1.82, 2.24) is 9.88 Å². The summed E-state index contributed by atoms with van der Waals surface area (Å²) in [5, 5.41) is 3.42. The first-order chi connectivity index (χ1) is 14.1. The maximum Gasteiger partial charge on any atom is 0.255 e. The third kappa shape index (κ3) is 3.41. The zero-order valence-corrected chi connectivity index (χ0v) is 17.5. The Balaban J connectivity index is 1.55. The number of nitrogens with zero attached hydrogens (tertiary/aromatic N) is 2. The molecule has 1 saturated heterocycles. The van der Waals surface area contributed by atoms with E-state index in [1.165, 1.54) is 17.2 Å². The molecule has 0 radical (unpaired) electrons. The van der Waals surface area contributed by atoms with Crippen molar-refractivity contribution in [1.29, 1.82) is 0 Å². The molecule has 2 heterocycles. The Bertz CT molecular complexity index is 949. The van der Waals surface area contributed by atoms with Crippen molar-refractivity contribution in [3.8, 4) is 0 Å². The van der Waals surface area contributed by atoms with E-state index in [9.17, 15) is 9.18 Å². The van der Waals surface area contributed by atoms with Crippen molar-refractivity contribution >= 4 is 29.2 Å². The van der Waals surface area contributed by atoms with Crippen LogP contribution in [0.5, 0.6) is 0 Å². The predicted molar refractivity (Wildman–Crippen MR) is 116 cm³/mol. The van der Waals surface area contributed by atoms with Crippen LogP contribution < -0.4 is 5.32 Å². The van der Waals surface area contributed by atoms with Gasteiger partial charge in [-0.05, 0) is 73.8 Å². The molecule has 1 aromatic carbocycles. The van der Waals surface area contributed by atoms with Gasteiger partial charge in [0.05, 0.1) is 5.56 Å². The maximum absolute atomic E-state index is 13.7. The van der Waals surface area contributed by atoms with Gasteiger partial charge in [0, 0.05) is 42.0 Å². The Morgan fingerprint density at radius 3 is 2.52 bits per heavy atom. The Morgan fingerprint density at radius 1 is 1.14 bits per heavy atom. The van der Waals surface area contributed by atoms with Gasteiger partial charge in [-0.3, -0.25) is 4.79 Å². The van der Waals surface area contributed by atoms with Gasteiger partial charge in [-0.25, -0.2) is 9.37 Å². The molecule has 4 nitrogen and oxygen atoms in total. The molecule has 3 aliphatic carbocycles. The number of hydrogen-bond donors (Lipinski definition) is 1. The molecule has 0 unspecified atom stereocenters. The van der Waals surface area contributed by atoms with E-state index in [2.05, 4.69) is 5.32 Å². The van der Waals surface area contributed by atoms with Crippen molar-refractivity contribution in [3.63, 3.8) is 0 Å². The number of pyridine rings is 1. The summed E-state index contributed by atoms with van der Waals surface area (Å²) in [7, 11) is 0. The summed E-state index contributed by atoms with van der Waals surface area (Å²) in [4.78, 5) is 20.0. The number of rotatable bonds is 3. The van der Waals surface area contributed by atoms with E-state index in [4.69, 9.17) is 4.98 Å². The molecule has 1 amide bonds. The van der Waals surface area contributed by atoms with Gasteiger partial charge < -0.3 is 10.2 Å².